The van der Waals surface area contributed by atoms with Gasteiger partial charge in [-0.2, -0.15) is 0 Å². The van der Waals surface area contributed by atoms with Gasteiger partial charge in [0.25, 0.3) is 0 Å². The standard InChI is InChI=1S/C18H20N2O4/c19-18(11-14-5-2-1-3-6-14)20-24-10-4-9-21-15-7-8-16-17(12-15)23-13-22-16/h1-3,5-8,12H,4,9-11,13H2,(H2,19,20). The lowest BCUT2D eigenvalue weighted by atomic mass is 10.1. The van der Waals surface area contributed by atoms with Crippen molar-refractivity contribution in [2.24, 2.45) is 10.9 Å². The molecule has 6 heteroatoms. The van der Waals surface area contributed by atoms with Gasteiger partial charge in [-0.15, -0.1) is 0 Å². The lowest BCUT2D eigenvalue weighted by Crippen LogP contribution is -2.15. The van der Waals surface area contributed by atoms with Crippen molar-refractivity contribution >= 4 is 5.84 Å². The fourth-order valence-electron chi connectivity index (χ4n) is 2.25. The van der Waals surface area contributed by atoms with Crippen LogP contribution >= 0.6 is 0 Å². The van der Waals surface area contributed by atoms with Crippen molar-refractivity contribution in [2.45, 2.75) is 12.8 Å². The molecule has 126 valence electrons. The Morgan fingerprint density at radius 2 is 1.88 bits per heavy atom. The number of hydrogen-bond acceptors (Lipinski definition) is 5. The van der Waals surface area contributed by atoms with Crippen LogP contribution in [-0.4, -0.2) is 25.8 Å². The summed E-state index contributed by atoms with van der Waals surface area (Å²) in [4.78, 5) is 5.22. The minimum Gasteiger partial charge on any atom is -0.493 e. The van der Waals surface area contributed by atoms with E-state index in [4.69, 9.17) is 24.8 Å². The topological polar surface area (TPSA) is 75.3 Å². The highest BCUT2D eigenvalue weighted by Crippen LogP contribution is 2.35. The second-order valence-electron chi connectivity index (χ2n) is 5.30. The van der Waals surface area contributed by atoms with Crippen LogP contribution in [0.2, 0.25) is 0 Å². The van der Waals surface area contributed by atoms with E-state index in [1.165, 1.54) is 0 Å². The van der Waals surface area contributed by atoms with E-state index >= 15 is 0 Å². The third-order valence-corrected chi connectivity index (χ3v) is 3.40. The molecule has 24 heavy (non-hydrogen) atoms. The quantitative estimate of drug-likeness (QED) is 0.349. The largest absolute Gasteiger partial charge is 0.493 e. The van der Waals surface area contributed by atoms with Crippen LogP contribution in [0, 0.1) is 0 Å². The van der Waals surface area contributed by atoms with Gasteiger partial charge in [0.1, 0.15) is 18.2 Å². The van der Waals surface area contributed by atoms with Gasteiger partial charge in [-0.05, 0) is 17.7 Å². The Labute approximate surface area is 140 Å². The highest BCUT2D eigenvalue weighted by Gasteiger charge is 2.13. The van der Waals surface area contributed by atoms with E-state index in [0.717, 1.165) is 17.1 Å². The van der Waals surface area contributed by atoms with Gasteiger partial charge in [-0.1, -0.05) is 35.5 Å². The van der Waals surface area contributed by atoms with E-state index in [0.29, 0.717) is 37.6 Å². The van der Waals surface area contributed by atoms with Gasteiger partial charge < -0.3 is 24.8 Å². The summed E-state index contributed by atoms with van der Waals surface area (Å²) < 4.78 is 16.2. The van der Waals surface area contributed by atoms with Gasteiger partial charge in [0, 0.05) is 18.9 Å². The third-order valence-electron chi connectivity index (χ3n) is 3.40. The maximum absolute atomic E-state index is 5.83. The number of nitrogens with zero attached hydrogens (tertiary/aromatic N) is 1. The highest BCUT2D eigenvalue weighted by atomic mass is 16.7. The smallest absolute Gasteiger partial charge is 0.231 e. The summed E-state index contributed by atoms with van der Waals surface area (Å²) in [5, 5.41) is 3.91. The number of ether oxygens (including phenoxy) is 3. The first-order valence-corrected chi connectivity index (χ1v) is 7.82. The summed E-state index contributed by atoms with van der Waals surface area (Å²) >= 11 is 0. The van der Waals surface area contributed by atoms with Crippen LogP contribution < -0.4 is 19.9 Å². The number of hydrogen-bond donors (Lipinski definition) is 1. The van der Waals surface area contributed by atoms with Crippen LogP contribution in [0.5, 0.6) is 17.2 Å². The summed E-state index contributed by atoms with van der Waals surface area (Å²) in [6, 6.07) is 15.4. The molecule has 0 radical (unpaired) electrons. The summed E-state index contributed by atoms with van der Waals surface area (Å²) in [7, 11) is 0. The molecule has 0 amide bonds. The Balaban J connectivity index is 1.33. The van der Waals surface area contributed by atoms with Crippen molar-refractivity contribution in [3.05, 3.63) is 54.1 Å². The SMILES string of the molecule is NC(Cc1ccccc1)=NOCCCOc1ccc2c(c1)OCO2. The van der Waals surface area contributed by atoms with Gasteiger partial charge in [0.15, 0.2) is 11.5 Å². The summed E-state index contributed by atoms with van der Waals surface area (Å²) in [5.74, 6) is 2.65. The average molecular weight is 328 g/mol. The lowest BCUT2D eigenvalue weighted by Gasteiger charge is -2.06. The first-order chi connectivity index (χ1) is 11.8. The molecule has 0 saturated carbocycles. The molecular formula is C18H20N2O4. The molecule has 2 N–H and O–H groups in total. The average Bonchev–Trinajstić information content (AvgIpc) is 3.06. The fourth-order valence-corrected chi connectivity index (χ4v) is 2.25. The molecule has 0 saturated heterocycles. The highest BCUT2D eigenvalue weighted by molar-refractivity contribution is 5.82. The molecule has 1 aliphatic rings. The van der Waals surface area contributed by atoms with E-state index in [1.807, 2.05) is 48.5 Å². The Bertz CT molecular complexity index is 689. The molecule has 0 atom stereocenters. The Morgan fingerprint density at radius 3 is 2.75 bits per heavy atom. The molecule has 2 aromatic carbocycles. The number of nitrogens with two attached hydrogens (primary N) is 1. The maximum Gasteiger partial charge on any atom is 0.231 e. The summed E-state index contributed by atoms with van der Waals surface area (Å²) in [5.41, 5.74) is 6.94. The molecule has 0 fully saturated rings. The van der Waals surface area contributed by atoms with E-state index in [2.05, 4.69) is 5.16 Å². The zero-order valence-electron chi connectivity index (χ0n) is 13.3. The number of rotatable bonds is 8. The normalized spacial score (nSPS) is 12.9. The van der Waals surface area contributed by atoms with Gasteiger partial charge in [0.05, 0.1) is 6.61 Å². The summed E-state index contributed by atoms with van der Waals surface area (Å²) in [6.45, 7) is 1.23. The van der Waals surface area contributed by atoms with Crippen molar-refractivity contribution in [2.75, 3.05) is 20.0 Å². The second kappa shape index (κ2) is 8.10. The van der Waals surface area contributed by atoms with Gasteiger partial charge in [-0.25, -0.2) is 0 Å². The van der Waals surface area contributed by atoms with Gasteiger partial charge in [0.2, 0.25) is 6.79 Å². The van der Waals surface area contributed by atoms with Crippen molar-refractivity contribution in [3.8, 4) is 17.2 Å². The molecular weight excluding hydrogens is 308 g/mol. The van der Waals surface area contributed by atoms with Crippen molar-refractivity contribution in [1.82, 2.24) is 0 Å². The molecule has 2 aromatic rings. The van der Waals surface area contributed by atoms with Crippen LogP contribution in [0.25, 0.3) is 0 Å². The number of oxime groups is 1. The van der Waals surface area contributed by atoms with Crippen LogP contribution in [0.3, 0.4) is 0 Å². The minimum atomic E-state index is 0.259. The van der Waals surface area contributed by atoms with E-state index in [9.17, 15) is 0 Å². The van der Waals surface area contributed by atoms with Crippen LogP contribution in [-0.2, 0) is 11.3 Å². The summed E-state index contributed by atoms with van der Waals surface area (Å²) in [6.07, 6.45) is 1.28. The third kappa shape index (κ3) is 4.55. The van der Waals surface area contributed by atoms with E-state index < -0.39 is 0 Å². The molecule has 0 unspecified atom stereocenters. The van der Waals surface area contributed by atoms with E-state index in [-0.39, 0.29) is 6.79 Å². The lowest BCUT2D eigenvalue weighted by molar-refractivity contribution is 0.127. The minimum absolute atomic E-state index is 0.259. The van der Waals surface area contributed by atoms with Crippen molar-refractivity contribution < 1.29 is 19.0 Å². The molecule has 1 aliphatic heterocycles. The van der Waals surface area contributed by atoms with Crippen LogP contribution in [0.4, 0.5) is 0 Å². The Morgan fingerprint density at radius 1 is 1.04 bits per heavy atom. The second-order valence-corrected chi connectivity index (χ2v) is 5.30. The van der Waals surface area contributed by atoms with Crippen molar-refractivity contribution in [1.29, 1.82) is 0 Å². The Kier molecular flexibility index (Phi) is 5.40. The molecule has 6 nitrogen and oxygen atoms in total. The Hall–Kier alpha value is -2.89. The first kappa shape index (κ1) is 16.0. The predicted octanol–water partition coefficient (Wildman–Crippen LogP) is 2.72. The molecule has 0 bridgehead atoms. The van der Waals surface area contributed by atoms with Crippen molar-refractivity contribution in [3.63, 3.8) is 0 Å². The maximum atomic E-state index is 5.83. The number of fused-ring (bicyclic) bond motifs is 1. The molecule has 0 aromatic heterocycles. The fraction of sp³-hybridized carbons (Fsp3) is 0.278. The molecule has 1 heterocycles. The van der Waals surface area contributed by atoms with Gasteiger partial charge in [-0.3, -0.25) is 0 Å². The number of amidine groups is 1. The van der Waals surface area contributed by atoms with Gasteiger partial charge >= 0.3 is 0 Å². The monoisotopic (exact) mass is 328 g/mol. The van der Waals surface area contributed by atoms with Crippen LogP contribution in [0.1, 0.15) is 12.0 Å². The van der Waals surface area contributed by atoms with E-state index in [1.54, 1.807) is 0 Å². The molecule has 3 rings (SSSR count). The zero-order chi connectivity index (χ0) is 16.6. The predicted molar refractivity (Wildman–Crippen MR) is 90.4 cm³/mol. The zero-order valence-corrected chi connectivity index (χ0v) is 13.3. The number of benzene rings is 2. The first-order valence-electron chi connectivity index (χ1n) is 7.82. The molecule has 0 spiro atoms. The van der Waals surface area contributed by atoms with Crippen LogP contribution in [0.15, 0.2) is 53.7 Å². The molecule has 0 aliphatic carbocycles.